The van der Waals surface area contributed by atoms with Crippen LogP contribution in [0.1, 0.15) is 37.7 Å². The molecule has 3 aliphatic heterocycles. The first kappa shape index (κ1) is 14.7. The van der Waals surface area contributed by atoms with Crippen LogP contribution >= 0.6 is 0 Å². The monoisotopic (exact) mass is 301 g/mol. The van der Waals surface area contributed by atoms with Gasteiger partial charge in [0.15, 0.2) is 0 Å². The second kappa shape index (κ2) is 5.95. The van der Waals surface area contributed by atoms with Crippen molar-refractivity contribution in [2.45, 2.75) is 43.8 Å². The highest BCUT2D eigenvalue weighted by Gasteiger charge is 2.43. The Morgan fingerprint density at radius 3 is 2.36 bits per heavy atom. The Morgan fingerprint density at radius 1 is 1.09 bits per heavy atom. The van der Waals surface area contributed by atoms with E-state index in [1.54, 1.807) is 0 Å². The largest absolute Gasteiger partial charge is 0.382 e. The minimum atomic E-state index is -0.800. The van der Waals surface area contributed by atoms with Crippen LogP contribution in [0.5, 0.6) is 0 Å². The summed E-state index contributed by atoms with van der Waals surface area (Å²) in [6, 6.07) is 10.2. The second-order valence-corrected chi connectivity index (χ2v) is 7.41. The van der Waals surface area contributed by atoms with Gasteiger partial charge in [-0.15, -0.1) is 0 Å². The summed E-state index contributed by atoms with van der Waals surface area (Å²) in [7, 11) is 0. The lowest BCUT2D eigenvalue weighted by atomic mass is 9.70. The summed E-state index contributed by atoms with van der Waals surface area (Å²) >= 11 is 0. The van der Waals surface area contributed by atoms with Crippen LogP contribution in [0.2, 0.25) is 0 Å². The Kier molecular flexibility index (Phi) is 3.97. The van der Waals surface area contributed by atoms with E-state index in [2.05, 4.69) is 17.0 Å². The zero-order valence-electron chi connectivity index (χ0n) is 13.3. The fourth-order valence-corrected chi connectivity index (χ4v) is 4.38. The molecular weight excluding hydrogens is 274 g/mol. The van der Waals surface area contributed by atoms with E-state index in [1.165, 1.54) is 32.4 Å². The molecule has 0 aromatic heterocycles. The van der Waals surface area contributed by atoms with E-state index >= 15 is 0 Å². The predicted octanol–water partition coefficient (Wildman–Crippen LogP) is 2.79. The zero-order valence-corrected chi connectivity index (χ0v) is 13.3. The van der Waals surface area contributed by atoms with Crippen molar-refractivity contribution in [2.75, 3.05) is 26.2 Å². The summed E-state index contributed by atoms with van der Waals surface area (Å²) in [6.45, 7) is 3.98. The third-order valence-electron chi connectivity index (χ3n) is 6.17. The predicted molar refractivity (Wildman–Crippen MR) is 86.6 cm³/mol. The van der Waals surface area contributed by atoms with Crippen LogP contribution in [0.25, 0.3) is 0 Å². The van der Waals surface area contributed by atoms with Crippen molar-refractivity contribution in [1.29, 1.82) is 0 Å². The summed E-state index contributed by atoms with van der Waals surface area (Å²) < 4.78 is 6.30. The Hall–Kier alpha value is -0.900. The molecule has 3 saturated heterocycles. The van der Waals surface area contributed by atoms with Gasteiger partial charge in [-0.2, -0.15) is 0 Å². The van der Waals surface area contributed by atoms with Gasteiger partial charge in [-0.1, -0.05) is 36.8 Å². The van der Waals surface area contributed by atoms with Gasteiger partial charge < -0.3 is 14.7 Å². The van der Waals surface area contributed by atoms with Gasteiger partial charge in [0.05, 0.1) is 12.7 Å². The zero-order chi connectivity index (χ0) is 15.0. The summed E-state index contributed by atoms with van der Waals surface area (Å²) in [5, 5.41) is 11.4. The van der Waals surface area contributed by atoms with Crippen molar-refractivity contribution in [3.63, 3.8) is 0 Å². The molecule has 4 aliphatic rings. The van der Waals surface area contributed by atoms with Crippen LogP contribution in [0.15, 0.2) is 30.3 Å². The molecule has 4 fully saturated rings. The maximum absolute atomic E-state index is 11.4. The number of benzene rings is 1. The summed E-state index contributed by atoms with van der Waals surface area (Å²) in [5.74, 6) is 1.06. The molecule has 5 rings (SSSR count). The summed E-state index contributed by atoms with van der Waals surface area (Å²) in [6.07, 6.45) is 6.32. The lowest BCUT2D eigenvalue weighted by Crippen LogP contribution is -2.53. The highest BCUT2D eigenvalue weighted by Crippen LogP contribution is 2.43. The van der Waals surface area contributed by atoms with Gasteiger partial charge >= 0.3 is 0 Å². The molecule has 2 bridgehead atoms. The lowest BCUT2D eigenvalue weighted by Gasteiger charge is -2.47. The standard InChI is InChI=1S/C19H27NO2/c21-19(17-7-4-8-17,16-5-2-1-3-6-16)14-22-18-13-20-11-9-15(18)10-12-20/h1-3,5-6,15,17-18,21H,4,7-14H2. The number of nitrogens with zero attached hydrogens (tertiary/aromatic N) is 1. The van der Waals surface area contributed by atoms with Gasteiger partial charge in [-0.25, -0.2) is 0 Å². The van der Waals surface area contributed by atoms with Gasteiger partial charge in [-0.05, 0) is 56.2 Å². The van der Waals surface area contributed by atoms with Gasteiger partial charge in [-0.3, -0.25) is 0 Å². The molecule has 2 unspecified atom stereocenters. The molecule has 2 atom stereocenters. The van der Waals surface area contributed by atoms with Gasteiger partial charge in [0, 0.05) is 6.54 Å². The molecule has 1 aromatic carbocycles. The molecular formula is C19H27NO2. The molecule has 120 valence electrons. The summed E-state index contributed by atoms with van der Waals surface area (Å²) in [5.41, 5.74) is 0.229. The summed E-state index contributed by atoms with van der Waals surface area (Å²) in [4.78, 5) is 2.51. The number of fused-ring (bicyclic) bond motifs is 3. The average Bonchev–Trinajstić information content (AvgIpc) is 2.53. The molecule has 1 aliphatic carbocycles. The number of hydrogen-bond donors (Lipinski definition) is 1. The van der Waals surface area contributed by atoms with Crippen LogP contribution in [0.4, 0.5) is 0 Å². The quantitative estimate of drug-likeness (QED) is 0.908. The third kappa shape index (κ3) is 2.60. The fourth-order valence-electron chi connectivity index (χ4n) is 4.38. The van der Waals surface area contributed by atoms with E-state index in [0.717, 1.165) is 24.9 Å². The maximum Gasteiger partial charge on any atom is 0.116 e. The van der Waals surface area contributed by atoms with Crippen LogP contribution in [-0.4, -0.2) is 42.4 Å². The number of rotatable bonds is 5. The molecule has 3 heteroatoms. The molecule has 1 aromatic rings. The van der Waals surface area contributed by atoms with Crippen LogP contribution in [-0.2, 0) is 10.3 Å². The topological polar surface area (TPSA) is 32.7 Å². The van der Waals surface area contributed by atoms with Gasteiger partial charge in [0.1, 0.15) is 5.60 Å². The second-order valence-electron chi connectivity index (χ2n) is 7.41. The Bertz CT molecular complexity index is 493. The van der Waals surface area contributed by atoms with Crippen molar-refractivity contribution < 1.29 is 9.84 Å². The van der Waals surface area contributed by atoms with Gasteiger partial charge in [0.25, 0.3) is 0 Å². The molecule has 0 amide bonds. The number of hydrogen-bond acceptors (Lipinski definition) is 3. The Morgan fingerprint density at radius 2 is 1.82 bits per heavy atom. The SMILES string of the molecule is OC(COC1CN2CCC1CC2)(c1ccccc1)C1CCC1. The molecule has 22 heavy (non-hydrogen) atoms. The number of piperidine rings is 3. The van der Waals surface area contributed by atoms with Crippen LogP contribution in [0.3, 0.4) is 0 Å². The van der Waals surface area contributed by atoms with Crippen molar-refractivity contribution in [1.82, 2.24) is 4.90 Å². The van der Waals surface area contributed by atoms with E-state index in [9.17, 15) is 5.11 Å². The molecule has 3 nitrogen and oxygen atoms in total. The number of ether oxygens (including phenoxy) is 1. The molecule has 1 saturated carbocycles. The van der Waals surface area contributed by atoms with Crippen LogP contribution < -0.4 is 0 Å². The minimum Gasteiger partial charge on any atom is -0.382 e. The average molecular weight is 301 g/mol. The van der Waals surface area contributed by atoms with E-state index in [4.69, 9.17) is 4.74 Å². The lowest BCUT2D eigenvalue weighted by molar-refractivity contribution is -0.155. The molecule has 3 heterocycles. The Labute approximate surface area is 133 Å². The Balaban J connectivity index is 1.47. The molecule has 0 spiro atoms. The first-order valence-corrected chi connectivity index (χ1v) is 8.87. The fraction of sp³-hybridized carbons (Fsp3) is 0.684. The van der Waals surface area contributed by atoms with Crippen molar-refractivity contribution in [3.05, 3.63) is 35.9 Å². The van der Waals surface area contributed by atoms with Crippen molar-refractivity contribution in [2.24, 2.45) is 11.8 Å². The third-order valence-corrected chi connectivity index (χ3v) is 6.17. The van der Waals surface area contributed by atoms with E-state index in [0.29, 0.717) is 24.5 Å². The molecule has 1 N–H and O–H groups in total. The normalized spacial score (nSPS) is 34.1. The smallest absolute Gasteiger partial charge is 0.116 e. The van der Waals surface area contributed by atoms with Crippen molar-refractivity contribution >= 4 is 0 Å². The van der Waals surface area contributed by atoms with Crippen LogP contribution in [0, 0.1) is 11.8 Å². The van der Waals surface area contributed by atoms with E-state index < -0.39 is 5.60 Å². The molecule has 0 radical (unpaired) electrons. The first-order valence-electron chi connectivity index (χ1n) is 8.87. The maximum atomic E-state index is 11.4. The van der Waals surface area contributed by atoms with E-state index in [1.807, 2.05) is 18.2 Å². The van der Waals surface area contributed by atoms with Crippen molar-refractivity contribution in [3.8, 4) is 0 Å². The minimum absolute atomic E-state index is 0.317. The first-order chi connectivity index (χ1) is 10.8. The van der Waals surface area contributed by atoms with E-state index in [-0.39, 0.29) is 0 Å². The highest BCUT2D eigenvalue weighted by molar-refractivity contribution is 5.24. The number of aliphatic hydroxyl groups is 1. The highest BCUT2D eigenvalue weighted by atomic mass is 16.5. The van der Waals surface area contributed by atoms with Gasteiger partial charge in [0.2, 0.25) is 0 Å².